The van der Waals surface area contributed by atoms with Crippen molar-refractivity contribution in [1.29, 1.82) is 0 Å². The summed E-state index contributed by atoms with van der Waals surface area (Å²) in [4.78, 5) is 11.7. The quantitative estimate of drug-likeness (QED) is 0.273. The molecule has 1 aromatic heterocycles. The summed E-state index contributed by atoms with van der Waals surface area (Å²) in [5.41, 5.74) is 0.215. The van der Waals surface area contributed by atoms with E-state index < -0.39 is 61.8 Å². The Labute approximate surface area is 209 Å². The SMILES string of the molecule is COc1cc(C2Oc3ccc4ccc(=O)oc4c3OC2CO)ccc1OC1OC(CO)C(O)C(O)C1O. The van der Waals surface area contributed by atoms with Gasteiger partial charge in [0.25, 0.3) is 0 Å². The Morgan fingerprint density at radius 1 is 0.865 bits per heavy atom. The van der Waals surface area contributed by atoms with Crippen molar-refractivity contribution in [2.75, 3.05) is 20.3 Å². The maximum absolute atomic E-state index is 11.7. The topological polar surface area (TPSA) is 178 Å². The largest absolute Gasteiger partial charge is 0.493 e. The zero-order chi connectivity index (χ0) is 26.3. The predicted molar refractivity (Wildman–Crippen MR) is 125 cm³/mol. The molecule has 12 heteroatoms. The van der Waals surface area contributed by atoms with Crippen LogP contribution in [0.3, 0.4) is 0 Å². The summed E-state index contributed by atoms with van der Waals surface area (Å²) in [6.45, 7) is -1.01. The first kappa shape index (κ1) is 25.3. The van der Waals surface area contributed by atoms with Gasteiger partial charge in [-0.25, -0.2) is 4.79 Å². The van der Waals surface area contributed by atoms with Gasteiger partial charge in [-0.2, -0.15) is 0 Å². The Morgan fingerprint density at radius 2 is 1.62 bits per heavy atom. The Bertz CT molecular complexity index is 1320. The zero-order valence-corrected chi connectivity index (χ0v) is 19.6. The van der Waals surface area contributed by atoms with E-state index in [2.05, 4.69) is 0 Å². The fraction of sp³-hybridized carbons (Fsp3) is 0.400. The summed E-state index contributed by atoms with van der Waals surface area (Å²) >= 11 is 0. The van der Waals surface area contributed by atoms with E-state index in [1.807, 2.05) is 0 Å². The van der Waals surface area contributed by atoms with Crippen LogP contribution in [0.15, 0.2) is 51.7 Å². The monoisotopic (exact) mass is 518 g/mol. The fourth-order valence-corrected chi connectivity index (χ4v) is 4.38. The van der Waals surface area contributed by atoms with Gasteiger partial charge in [-0.3, -0.25) is 0 Å². The number of aliphatic hydroxyl groups excluding tert-OH is 5. The maximum Gasteiger partial charge on any atom is 0.336 e. The number of aliphatic hydroxyl groups is 5. The number of fused-ring (bicyclic) bond motifs is 3. The summed E-state index contributed by atoms with van der Waals surface area (Å²) in [5, 5.41) is 50.3. The lowest BCUT2D eigenvalue weighted by Crippen LogP contribution is -2.60. The molecule has 2 aromatic carbocycles. The molecule has 0 bridgehead atoms. The van der Waals surface area contributed by atoms with E-state index >= 15 is 0 Å². The lowest BCUT2D eigenvalue weighted by atomic mass is 9.99. The van der Waals surface area contributed by atoms with E-state index in [-0.39, 0.29) is 22.8 Å². The minimum atomic E-state index is -1.60. The van der Waals surface area contributed by atoms with Crippen molar-refractivity contribution in [1.82, 2.24) is 0 Å². The Hall–Kier alpha value is -3.39. The Morgan fingerprint density at radius 3 is 2.35 bits per heavy atom. The predicted octanol–water partition coefficient (Wildman–Crippen LogP) is -0.146. The third-order valence-electron chi connectivity index (χ3n) is 6.36. The first-order valence-corrected chi connectivity index (χ1v) is 11.5. The van der Waals surface area contributed by atoms with Gasteiger partial charge in [0, 0.05) is 17.0 Å². The second-order valence-corrected chi connectivity index (χ2v) is 8.67. The van der Waals surface area contributed by atoms with E-state index in [0.29, 0.717) is 16.7 Å². The minimum Gasteiger partial charge on any atom is -0.493 e. The highest BCUT2D eigenvalue weighted by Crippen LogP contribution is 2.45. The maximum atomic E-state index is 11.7. The van der Waals surface area contributed by atoms with Crippen LogP contribution >= 0.6 is 0 Å². The molecule has 2 aliphatic rings. The van der Waals surface area contributed by atoms with Crippen LogP contribution in [0.1, 0.15) is 11.7 Å². The molecule has 7 unspecified atom stereocenters. The highest BCUT2D eigenvalue weighted by atomic mass is 16.7. The summed E-state index contributed by atoms with van der Waals surface area (Å²) in [6.07, 6.45) is -8.87. The summed E-state index contributed by atoms with van der Waals surface area (Å²) < 4.78 is 34.0. The molecule has 0 amide bonds. The van der Waals surface area contributed by atoms with Gasteiger partial charge >= 0.3 is 5.63 Å². The van der Waals surface area contributed by atoms with E-state index in [1.54, 1.807) is 30.3 Å². The second-order valence-electron chi connectivity index (χ2n) is 8.67. The zero-order valence-electron chi connectivity index (χ0n) is 19.6. The molecule has 7 atom stereocenters. The van der Waals surface area contributed by atoms with E-state index in [1.165, 1.54) is 19.2 Å². The number of hydrogen-bond donors (Lipinski definition) is 5. The molecule has 12 nitrogen and oxygen atoms in total. The summed E-state index contributed by atoms with van der Waals surface area (Å²) in [6, 6.07) is 11.0. The summed E-state index contributed by atoms with van der Waals surface area (Å²) in [7, 11) is 1.39. The molecular formula is C25H26O12. The third-order valence-corrected chi connectivity index (χ3v) is 6.36. The molecule has 3 aromatic rings. The fourth-order valence-electron chi connectivity index (χ4n) is 4.38. The molecule has 1 fully saturated rings. The van der Waals surface area contributed by atoms with Crippen molar-refractivity contribution in [2.45, 2.75) is 42.9 Å². The average Bonchev–Trinajstić information content (AvgIpc) is 2.92. The molecule has 2 aliphatic heterocycles. The van der Waals surface area contributed by atoms with Crippen LogP contribution in [-0.4, -0.2) is 82.7 Å². The average molecular weight is 518 g/mol. The lowest BCUT2D eigenvalue weighted by Gasteiger charge is -2.39. The number of hydrogen-bond acceptors (Lipinski definition) is 12. The second kappa shape index (κ2) is 10.2. The van der Waals surface area contributed by atoms with Crippen LogP contribution in [-0.2, 0) is 4.74 Å². The molecule has 0 aliphatic carbocycles. The highest BCUT2D eigenvalue weighted by Gasteiger charge is 2.45. The first-order chi connectivity index (χ1) is 17.8. The Balaban J connectivity index is 1.43. The molecule has 1 saturated heterocycles. The van der Waals surface area contributed by atoms with Crippen molar-refractivity contribution < 1.29 is 53.6 Å². The molecule has 0 saturated carbocycles. The van der Waals surface area contributed by atoms with Gasteiger partial charge in [0.2, 0.25) is 12.0 Å². The van der Waals surface area contributed by atoms with Crippen molar-refractivity contribution in [3.8, 4) is 23.0 Å². The number of rotatable bonds is 6. The lowest BCUT2D eigenvalue weighted by molar-refractivity contribution is -0.277. The van der Waals surface area contributed by atoms with Crippen LogP contribution in [0, 0.1) is 0 Å². The van der Waals surface area contributed by atoms with Gasteiger partial charge in [-0.15, -0.1) is 0 Å². The van der Waals surface area contributed by atoms with E-state index in [9.17, 15) is 30.3 Å². The third kappa shape index (κ3) is 4.59. The van der Waals surface area contributed by atoms with Gasteiger partial charge in [-0.1, -0.05) is 6.07 Å². The van der Waals surface area contributed by atoms with Crippen LogP contribution in [0.4, 0.5) is 0 Å². The summed E-state index contributed by atoms with van der Waals surface area (Å²) in [5.74, 6) is 0.878. The van der Waals surface area contributed by atoms with Crippen molar-refractivity contribution in [3.63, 3.8) is 0 Å². The number of benzene rings is 2. The van der Waals surface area contributed by atoms with Crippen LogP contribution in [0.5, 0.6) is 23.0 Å². The van der Waals surface area contributed by atoms with Crippen LogP contribution in [0.25, 0.3) is 11.0 Å². The molecule has 198 valence electrons. The van der Waals surface area contributed by atoms with Crippen molar-refractivity contribution >= 4 is 11.0 Å². The number of ether oxygens (including phenoxy) is 5. The molecule has 5 rings (SSSR count). The molecule has 5 N–H and O–H groups in total. The highest BCUT2D eigenvalue weighted by molar-refractivity contribution is 5.85. The molecular weight excluding hydrogens is 492 g/mol. The molecule has 0 radical (unpaired) electrons. The van der Waals surface area contributed by atoms with Gasteiger partial charge in [0.15, 0.2) is 35.0 Å². The molecule has 3 heterocycles. The minimum absolute atomic E-state index is 0.140. The van der Waals surface area contributed by atoms with Gasteiger partial charge < -0.3 is 53.6 Å². The normalized spacial score (nSPS) is 29.2. The smallest absolute Gasteiger partial charge is 0.336 e. The standard InChI is InChI=1S/C25H26O12/c1-32-15-8-12(3-5-13(15)35-25-21(31)20(30)19(29)16(9-26)36-25)22-17(10-27)34-24-14(33-22)6-2-11-4-7-18(28)37-23(11)24/h2-8,16-17,19-22,25-27,29-31H,9-10H2,1H3. The Kier molecular flexibility index (Phi) is 6.94. The van der Waals surface area contributed by atoms with Crippen LogP contribution < -0.4 is 24.6 Å². The van der Waals surface area contributed by atoms with Gasteiger partial charge in [0.05, 0.1) is 20.3 Å². The van der Waals surface area contributed by atoms with Crippen LogP contribution in [0.2, 0.25) is 0 Å². The van der Waals surface area contributed by atoms with E-state index in [0.717, 1.165) is 0 Å². The van der Waals surface area contributed by atoms with E-state index in [4.69, 9.17) is 28.1 Å². The number of methoxy groups -OCH3 is 1. The molecule has 0 spiro atoms. The van der Waals surface area contributed by atoms with Crippen molar-refractivity contribution in [2.24, 2.45) is 0 Å². The van der Waals surface area contributed by atoms with Gasteiger partial charge in [0.1, 0.15) is 24.4 Å². The van der Waals surface area contributed by atoms with Crippen molar-refractivity contribution in [3.05, 3.63) is 58.4 Å². The molecule has 37 heavy (non-hydrogen) atoms. The first-order valence-electron chi connectivity index (χ1n) is 11.5. The van der Waals surface area contributed by atoms with Gasteiger partial charge in [-0.05, 0) is 30.3 Å².